The molecule has 172 valence electrons. The second kappa shape index (κ2) is 10.9. The van der Waals surface area contributed by atoms with Crippen LogP contribution in [0.25, 0.3) is 0 Å². The molecule has 1 fully saturated rings. The summed E-state index contributed by atoms with van der Waals surface area (Å²) in [6.45, 7) is 1.09. The van der Waals surface area contributed by atoms with Crippen LogP contribution in [0.2, 0.25) is 0 Å². The number of aryl methyl sites for hydroxylation is 1. The second-order valence-electron chi connectivity index (χ2n) is 7.90. The average Bonchev–Trinajstić information content (AvgIpc) is 2.82. The Hall–Kier alpha value is -3.16. The molecule has 8 heteroatoms. The molecule has 1 aliphatic rings. The summed E-state index contributed by atoms with van der Waals surface area (Å²) in [5, 5.41) is 2.48. The van der Waals surface area contributed by atoms with Gasteiger partial charge >= 0.3 is 0 Å². The lowest BCUT2D eigenvalue weighted by Gasteiger charge is -2.32. The maximum absolute atomic E-state index is 13.3. The summed E-state index contributed by atoms with van der Waals surface area (Å²) in [5.41, 5.74) is 1.13. The fraction of sp³-hybridized carbons (Fsp3) is 0.417. The zero-order valence-corrected chi connectivity index (χ0v) is 18.3. The van der Waals surface area contributed by atoms with Crippen LogP contribution < -0.4 is 14.8 Å². The Morgan fingerprint density at radius 3 is 2.25 bits per heavy atom. The molecule has 0 aliphatic carbocycles. The van der Waals surface area contributed by atoms with Crippen LogP contribution in [-0.4, -0.2) is 50.6 Å². The van der Waals surface area contributed by atoms with E-state index < -0.39 is 17.5 Å². The van der Waals surface area contributed by atoms with Crippen LogP contribution in [0, 0.1) is 17.6 Å². The molecule has 0 bridgehead atoms. The van der Waals surface area contributed by atoms with Gasteiger partial charge in [-0.15, -0.1) is 0 Å². The lowest BCUT2D eigenvalue weighted by Crippen LogP contribution is -2.44. The van der Waals surface area contributed by atoms with Crippen LogP contribution in [0.15, 0.2) is 36.4 Å². The van der Waals surface area contributed by atoms with Gasteiger partial charge in [0.1, 0.15) is 11.5 Å². The third kappa shape index (κ3) is 6.18. The second-order valence-corrected chi connectivity index (χ2v) is 7.90. The highest BCUT2D eigenvalue weighted by Gasteiger charge is 2.23. The van der Waals surface area contributed by atoms with E-state index in [4.69, 9.17) is 9.47 Å². The summed E-state index contributed by atoms with van der Waals surface area (Å²) in [5.74, 6) is -0.870. The number of ether oxygens (including phenoxy) is 2. The Morgan fingerprint density at radius 2 is 1.66 bits per heavy atom. The van der Waals surface area contributed by atoms with Gasteiger partial charge in [-0.1, -0.05) is 0 Å². The van der Waals surface area contributed by atoms with Gasteiger partial charge in [0, 0.05) is 24.7 Å². The van der Waals surface area contributed by atoms with Crippen molar-refractivity contribution in [2.75, 3.05) is 33.9 Å². The van der Waals surface area contributed by atoms with Crippen LogP contribution in [0.3, 0.4) is 0 Å². The van der Waals surface area contributed by atoms with Crippen LogP contribution in [0.1, 0.15) is 35.2 Å². The number of carbonyl (C=O) groups excluding carboxylic acids is 2. The minimum absolute atomic E-state index is 0.0235. The monoisotopic (exact) mass is 446 g/mol. The molecular formula is C24H28F2N2O4. The van der Waals surface area contributed by atoms with Crippen molar-refractivity contribution in [3.8, 4) is 11.5 Å². The van der Waals surface area contributed by atoms with E-state index in [1.54, 1.807) is 19.1 Å². The maximum Gasteiger partial charge on any atom is 0.251 e. The summed E-state index contributed by atoms with van der Waals surface area (Å²) in [4.78, 5) is 26.2. The number of likely N-dealkylation sites (tertiary alicyclic amines) is 1. The Morgan fingerprint density at radius 1 is 1.00 bits per heavy atom. The molecular weight excluding hydrogens is 418 g/mol. The van der Waals surface area contributed by atoms with E-state index in [1.807, 2.05) is 18.2 Å². The van der Waals surface area contributed by atoms with E-state index in [0.29, 0.717) is 19.0 Å². The van der Waals surface area contributed by atoms with Gasteiger partial charge in [0.2, 0.25) is 5.91 Å². The van der Waals surface area contributed by atoms with Crippen molar-refractivity contribution in [3.63, 3.8) is 0 Å². The summed E-state index contributed by atoms with van der Waals surface area (Å²) < 4.78 is 36.9. The first-order chi connectivity index (χ1) is 15.4. The Balaban J connectivity index is 1.42. The average molecular weight is 446 g/mol. The van der Waals surface area contributed by atoms with Crippen molar-refractivity contribution in [2.24, 2.45) is 5.92 Å². The summed E-state index contributed by atoms with van der Waals surface area (Å²) in [6, 6.07) is 8.76. The predicted molar refractivity (Wildman–Crippen MR) is 116 cm³/mol. The normalized spacial score (nSPS) is 14.2. The Bertz CT molecular complexity index is 937. The minimum atomic E-state index is -1.10. The van der Waals surface area contributed by atoms with E-state index in [-0.39, 0.29) is 18.0 Å². The van der Waals surface area contributed by atoms with Gasteiger partial charge in [0.15, 0.2) is 11.6 Å². The number of halogens is 2. The molecule has 2 aromatic rings. The largest absolute Gasteiger partial charge is 0.497 e. The van der Waals surface area contributed by atoms with E-state index >= 15 is 0 Å². The van der Waals surface area contributed by atoms with Crippen LogP contribution in [0.5, 0.6) is 11.5 Å². The molecule has 0 unspecified atom stereocenters. The highest BCUT2D eigenvalue weighted by molar-refractivity contribution is 5.96. The minimum Gasteiger partial charge on any atom is -0.497 e. The zero-order chi connectivity index (χ0) is 23.1. The third-order valence-electron chi connectivity index (χ3n) is 5.80. The molecule has 0 saturated carbocycles. The van der Waals surface area contributed by atoms with Crippen LogP contribution >= 0.6 is 0 Å². The van der Waals surface area contributed by atoms with Crippen LogP contribution in [-0.2, 0) is 11.2 Å². The molecule has 6 nitrogen and oxygen atoms in total. The molecule has 0 atom stereocenters. The molecule has 1 heterocycles. The van der Waals surface area contributed by atoms with Crippen molar-refractivity contribution < 1.29 is 27.8 Å². The zero-order valence-electron chi connectivity index (χ0n) is 18.3. The molecule has 2 aromatic carbocycles. The fourth-order valence-corrected chi connectivity index (χ4v) is 3.86. The number of nitrogens with zero attached hydrogens (tertiary/aromatic N) is 1. The van der Waals surface area contributed by atoms with Crippen molar-refractivity contribution in [1.29, 1.82) is 0 Å². The molecule has 2 amide bonds. The first-order valence-corrected chi connectivity index (χ1v) is 10.6. The lowest BCUT2D eigenvalue weighted by atomic mass is 9.90. The van der Waals surface area contributed by atoms with Gasteiger partial charge in [0.05, 0.1) is 20.8 Å². The van der Waals surface area contributed by atoms with E-state index in [9.17, 15) is 18.4 Å². The lowest BCUT2D eigenvalue weighted by molar-refractivity contribution is -0.131. The van der Waals surface area contributed by atoms with Crippen molar-refractivity contribution in [2.45, 2.75) is 25.7 Å². The standard InChI is InChI=1S/C24H28F2N2O4/c1-31-19-11-17(12-20(14-19)32-2)4-3-16-7-9-28(10-8-16)23(29)15-27-24(30)18-5-6-21(25)22(26)13-18/h5-6,11-14,16H,3-4,7-10,15H2,1-2H3,(H,27,30). The first kappa shape index (κ1) is 23.5. The quantitative estimate of drug-likeness (QED) is 0.673. The first-order valence-electron chi connectivity index (χ1n) is 10.6. The van der Waals surface area contributed by atoms with Gasteiger partial charge in [-0.3, -0.25) is 9.59 Å². The number of carbonyl (C=O) groups is 2. The smallest absolute Gasteiger partial charge is 0.251 e. The summed E-state index contributed by atoms with van der Waals surface area (Å²) in [7, 11) is 3.26. The predicted octanol–water partition coefficient (Wildman–Crippen LogP) is 3.58. The van der Waals surface area contributed by atoms with Gasteiger partial charge < -0.3 is 19.7 Å². The molecule has 1 aliphatic heterocycles. The summed E-state index contributed by atoms with van der Waals surface area (Å²) >= 11 is 0. The van der Waals surface area contributed by atoms with E-state index in [1.165, 1.54) is 6.07 Å². The highest BCUT2D eigenvalue weighted by atomic mass is 19.2. The van der Waals surface area contributed by atoms with Crippen LogP contribution in [0.4, 0.5) is 8.78 Å². The summed E-state index contributed by atoms with van der Waals surface area (Å²) in [6.07, 6.45) is 3.69. The maximum atomic E-state index is 13.3. The molecule has 0 aromatic heterocycles. The molecule has 32 heavy (non-hydrogen) atoms. The van der Waals surface area contributed by atoms with Gasteiger partial charge in [-0.05, 0) is 67.5 Å². The van der Waals surface area contributed by atoms with Crippen molar-refractivity contribution >= 4 is 11.8 Å². The molecule has 1 N–H and O–H groups in total. The third-order valence-corrected chi connectivity index (χ3v) is 5.80. The highest BCUT2D eigenvalue weighted by Crippen LogP contribution is 2.27. The fourth-order valence-electron chi connectivity index (χ4n) is 3.86. The molecule has 0 spiro atoms. The molecule has 3 rings (SSSR count). The van der Waals surface area contributed by atoms with Gasteiger partial charge in [0.25, 0.3) is 5.91 Å². The van der Waals surface area contributed by atoms with Gasteiger partial charge in [-0.2, -0.15) is 0 Å². The topological polar surface area (TPSA) is 67.9 Å². The Kier molecular flexibility index (Phi) is 8.03. The van der Waals surface area contributed by atoms with E-state index in [2.05, 4.69) is 5.32 Å². The van der Waals surface area contributed by atoms with Gasteiger partial charge in [-0.25, -0.2) is 8.78 Å². The number of hydrogen-bond donors (Lipinski definition) is 1. The SMILES string of the molecule is COc1cc(CCC2CCN(C(=O)CNC(=O)c3ccc(F)c(F)c3)CC2)cc(OC)c1. The van der Waals surface area contributed by atoms with E-state index in [0.717, 1.165) is 54.9 Å². The number of nitrogens with one attached hydrogen (secondary N) is 1. The number of benzene rings is 2. The molecule has 0 radical (unpaired) electrons. The number of methoxy groups -OCH3 is 2. The number of hydrogen-bond acceptors (Lipinski definition) is 4. The number of rotatable bonds is 8. The van der Waals surface area contributed by atoms with Crippen molar-refractivity contribution in [1.82, 2.24) is 10.2 Å². The number of piperidine rings is 1. The molecule has 1 saturated heterocycles. The van der Waals surface area contributed by atoms with Crippen molar-refractivity contribution in [3.05, 3.63) is 59.2 Å². The number of amides is 2. The Labute approximate surface area is 186 Å².